The maximum Gasteiger partial charge on any atom is 0.222 e. The van der Waals surface area contributed by atoms with Crippen molar-refractivity contribution in [3.05, 3.63) is 41.1 Å². The highest BCUT2D eigenvalue weighted by Crippen LogP contribution is 2.49. The van der Waals surface area contributed by atoms with Gasteiger partial charge >= 0.3 is 0 Å². The standard InChI is InChI=1S/C25H31N3O4S/c29-19(24-26-9-12-31-24)15-16-1-6-21-22(16)23-20(7-8-27-25(23)33-21)32-18-4-2-17(3-5-18)28-10-13-30-14-11-28/h7-9,12,16-19,29H,1-6,10-11,13-15H2/t16-,17-,18-,19-/m1/s1. The zero-order valence-electron chi connectivity index (χ0n) is 18.8. The Labute approximate surface area is 197 Å². The molecule has 176 valence electrons. The van der Waals surface area contributed by atoms with E-state index in [2.05, 4.69) is 14.9 Å². The summed E-state index contributed by atoms with van der Waals surface area (Å²) in [5, 5.41) is 11.8. The van der Waals surface area contributed by atoms with Crippen molar-refractivity contribution >= 4 is 21.6 Å². The topological polar surface area (TPSA) is 80.9 Å². The van der Waals surface area contributed by atoms with Gasteiger partial charge in [0.25, 0.3) is 0 Å². The fourth-order valence-electron chi connectivity index (χ4n) is 5.88. The Morgan fingerprint density at radius 1 is 1.12 bits per heavy atom. The molecule has 1 saturated carbocycles. The number of oxazole rings is 1. The van der Waals surface area contributed by atoms with Crippen LogP contribution >= 0.6 is 11.3 Å². The number of aliphatic hydroxyl groups excluding tert-OH is 1. The lowest BCUT2D eigenvalue weighted by atomic mass is 9.91. The molecule has 0 radical (unpaired) electrons. The van der Waals surface area contributed by atoms with Gasteiger partial charge in [0, 0.05) is 30.2 Å². The molecule has 4 heterocycles. The number of ether oxygens (including phenoxy) is 2. The number of pyridine rings is 1. The summed E-state index contributed by atoms with van der Waals surface area (Å²) < 4.78 is 17.5. The minimum absolute atomic E-state index is 0.251. The summed E-state index contributed by atoms with van der Waals surface area (Å²) in [6.45, 7) is 3.84. The molecule has 2 fully saturated rings. The molecule has 6 rings (SSSR count). The Balaban J connectivity index is 1.18. The predicted octanol–water partition coefficient (Wildman–Crippen LogP) is 4.46. The van der Waals surface area contributed by atoms with Crippen LogP contribution in [0.3, 0.4) is 0 Å². The molecule has 0 bridgehead atoms. The van der Waals surface area contributed by atoms with Gasteiger partial charge in [-0.25, -0.2) is 9.97 Å². The second-order valence-corrected chi connectivity index (χ2v) is 10.6. The number of aromatic nitrogens is 2. The third-order valence-electron chi connectivity index (χ3n) is 7.54. The molecule has 33 heavy (non-hydrogen) atoms. The lowest BCUT2D eigenvalue weighted by Gasteiger charge is -2.38. The van der Waals surface area contributed by atoms with E-state index in [-0.39, 0.29) is 12.0 Å². The Bertz CT molecular complexity index is 1070. The van der Waals surface area contributed by atoms with Crippen LogP contribution in [-0.4, -0.2) is 58.4 Å². The van der Waals surface area contributed by atoms with Crippen LogP contribution in [0.2, 0.25) is 0 Å². The van der Waals surface area contributed by atoms with Crippen LogP contribution in [0.1, 0.15) is 66.9 Å². The van der Waals surface area contributed by atoms with Gasteiger partial charge in [-0.05, 0) is 62.5 Å². The van der Waals surface area contributed by atoms with E-state index in [1.165, 1.54) is 29.5 Å². The summed E-state index contributed by atoms with van der Waals surface area (Å²) in [5.74, 6) is 1.62. The van der Waals surface area contributed by atoms with Crippen LogP contribution in [0.5, 0.6) is 5.75 Å². The van der Waals surface area contributed by atoms with E-state index in [4.69, 9.17) is 13.9 Å². The van der Waals surface area contributed by atoms with Crippen molar-refractivity contribution in [3.63, 3.8) is 0 Å². The number of fused-ring (bicyclic) bond motifs is 3. The van der Waals surface area contributed by atoms with Crippen molar-refractivity contribution in [3.8, 4) is 5.75 Å². The van der Waals surface area contributed by atoms with Gasteiger partial charge < -0.3 is 19.0 Å². The first-order valence-corrected chi connectivity index (χ1v) is 13.0. The molecule has 2 atom stereocenters. The lowest BCUT2D eigenvalue weighted by Crippen LogP contribution is -2.46. The highest BCUT2D eigenvalue weighted by Gasteiger charge is 2.33. The van der Waals surface area contributed by atoms with Gasteiger partial charge in [0.05, 0.1) is 30.9 Å². The third kappa shape index (κ3) is 4.30. The Hall–Kier alpha value is -2.00. The average Bonchev–Trinajstić information content (AvgIpc) is 3.59. The Morgan fingerprint density at radius 2 is 1.97 bits per heavy atom. The van der Waals surface area contributed by atoms with E-state index in [0.29, 0.717) is 18.4 Å². The molecule has 0 amide bonds. The molecule has 0 unspecified atom stereocenters. The highest BCUT2D eigenvalue weighted by molar-refractivity contribution is 7.19. The molecule has 7 nitrogen and oxygen atoms in total. The lowest BCUT2D eigenvalue weighted by molar-refractivity contribution is -0.000920. The molecule has 0 aromatic carbocycles. The molecule has 2 aliphatic carbocycles. The monoisotopic (exact) mass is 469 g/mol. The molecule has 0 spiro atoms. The highest BCUT2D eigenvalue weighted by atomic mass is 32.1. The minimum Gasteiger partial charge on any atom is -0.490 e. The zero-order chi connectivity index (χ0) is 22.2. The quantitative estimate of drug-likeness (QED) is 0.571. The average molecular weight is 470 g/mol. The third-order valence-corrected chi connectivity index (χ3v) is 8.71. The number of nitrogens with zero attached hydrogens (tertiary/aromatic N) is 3. The largest absolute Gasteiger partial charge is 0.490 e. The zero-order valence-corrected chi connectivity index (χ0v) is 19.6. The fourth-order valence-corrected chi connectivity index (χ4v) is 7.14. The van der Waals surface area contributed by atoms with E-state index >= 15 is 0 Å². The summed E-state index contributed by atoms with van der Waals surface area (Å²) in [6.07, 6.45) is 11.8. The Kier molecular flexibility index (Phi) is 6.09. The van der Waals surface area contributed by atoms with Crippen molar-refractivity contribution in [2.24, 2.45) is 0 Å². The van der Waals surface area contributed by atoms with E-state index in [9.17, 15) is 5.11 Å². The summed E-state index contributed by atoms with van der Waals surface area (Å²) >= 11 is 1.78. The molecule has 3 aromatic rings. The van der Waals surface area contributed by atoms with Gasteiger partial charge in [-0.2, -0.15) is 0 Å². The molecular weight excluding hydrogens is 438 g/mol. The Morgan fingerprint density at radius 3 is 2.76 bits per heavy atom. The predicted molar refractivity (Wildman–Crippen MR) is 126 cm³/mol. The van der Waals surface area contributed by atoms with Crippen molar-refractivity contribution in [2.45, 2.75) is 69.1 Å². The van der Waals surface area contributed by atoms with Crippen molar-refractivity contribution in [1.29, 1.82) is 0 Å². The molecule has 1 aliphatic heterocycles. The van der Waals surface area contributed by atoms with Crippen LogP contribution in [-0.2, 0) is 11.2 Å². The van der Waals surface area contributed by atoms with Gasteiger partial charge in [0.1, 0.15) is 22.9 Å². The number of hydrogen-bond acceptors (Lipinski definition) is 8. The van der Waals surface area contributed by atoms with Crippen LogP contribution in [0, 0.1) is 0 Å². The summed E-state index contributed by atoms with van der Waals surface area (Å²) in [7, 11) is 0. The van der Waals surface area contributed by atoms with E-state index in [1.54, 1.807) is 17.5 Å². The molecule has 1 N–H and O–H groups in total. The van der Waals surface area contributed by atoms with Crippen molar-refractivity contribution in [1.82, 2.24) is 14.9 Å². The van der Waals surface area contributed by atoms with Crippen molar-refractivity contribution < 1.29 is 19.0 Å². The molecular formula is C25H31N3O4S. The molecule has 8 heteroatoms. The number of thiophene rings is 1. The SMILES string of the molecule is O[C@H](C[C@H]1CCc2sc3nccc(O[C@H]4CC[C@H](N5CCOCC5)CC4)c3c21)c1ncco1. The van der Waals surface area contributed by atoms with Gasteiger partial charge in [-0.1, -0.05) is 0 Å². The normalized spacial score (nSPS) is 27.0. The number of rotatable bonds is 6. The van der Waals surface area contributed by atoms with E-state index in [0.717, 1.165) is 68.0 Å². The maximum absolute atomic E-state index is 10.7. The second kappa shape index (κ2) is 9.33. The maximum atomic E-state index is 10.7. The van der Waals surface area contributed by atoms with Crippen LogP contribution in [0.4, 0.5) is 0 Å². The van der Waals surface area contributed by atoms with Gasteiger partial charge in [0.2, 0.25) is 5.89 Å². The fraction of sp³-hybridized carbons (Fsp3) is 0.600. The van der Waals surface area contributed by atoms with Crippen LogP contribution in [0.25, 0.3) is 10.2 Å². The molecule has 1 saturated heterocycles. The second-order valence-electron chi connectivity index (χ2n) is 9.48. The first-order valence-electron chi connectivity index (χ1n) is 12.2. The first kappa shape index (κ1) is 21.5. The van der Waals surface area contributed by atoms with Crippen molar-refractivity contribution in [2.75, 3.05) is 26.3 Å². The summed E-state index contributed by atoms with van der Waals surface area (Å²) in [4.78, 5) is 13.8. The first-order chi connectivity index (χ1) is 16.3. The number of aliphatic hydroxyl groups is 1. The number of hydrogen-bond donors (Lipinski definition) is 1. The minimum atomic E-state index is -0.692. The van der Waals surface area contributed by atoms with E-state index < -0.39 is 6.10 Å². The van der Waals surface area contributed by atoms with Gasteiger partial charge in [0.15, 0.2) is 0 Å². The van der Waals surface area contributed by atoms with Crippen LogP contribution in [0.15, 0.2) is 29.1 Å². The van der Waals surface area contributed by atoms with Crippen LogP contribution < -0.4 is 4.74 Å². The summed E-state index contributed by atoms with van der Waals surface area (Å²) in [6, 6.07) is 2.70. The number of morpholine rings is 1. The number of aryl methyl sites for hydroxylation is 1. The van der Waals surface area contributed by atoms with Gasteiger partial charge in [-0.3, -0.25) is 4.90 Å². The smallest absolute Gasteiger partial charge is 0.222 e. The molecule has 3 aromatic heterocycles. The molecule has 3 aliphatic rings. The van der Waals surface area contributed by atoms with Gasteiger partial charge in [-0.15, -0.1) is 11.3 Å². The van der Waals surface area contributed by atoms with E-state index in [1.807, 2.05) is 12.3 Å². The summed E-state index contributed by atoms with van der Waals surface area (Å²) in [5.41, 5.74) is 1.32.